The summed E-state index contributed by atoms with van der Waals surface area (Å²) in [7, 11) is 1.51. The fourth-order valence-corrected chi connectivity index (χ4v) is 2.44. The number of aromatic nitrogens is 4. The molecule has 0 aliphatic carbocycles. The average molecular weight is 332 g/mol. The molecule has 0 bridgehead atoms. The molecule has 0 saturated heterocycles. The number of hydrogen-bond donors (Lipinski definition) is 0. The SMILES string of the molecule is COCCc1nc(-c2cccnc2SC)n(CC(F)(F)F)n1. The predicted molar refractivity (Wildman–Crippen MR) is 76.7 cm³/mol. The second kappa shape index (κ2) is 7.10. The van der Waals surface area contributed by atoms with E-state index >= 15 is 0 Å². The summed E-state index contributed by atoms with van der Waals surface area (Å²) in [5, 5.41) is 4.56. The van der Waals surface area contributed by atoms with Gasteiger partial charge in [-0.2, -0.15) is 18.3 Å². The van der Waals surface area contributed by atoms with Gasteiger partial charge in [0.2, 0.25) is 0 Å². The van der Waals surface area contributed by atoms with Crippen molar-refractivity contribution in [3.63, 3.8) is 0 Å². The monoisotopic (exact) mass is 332 g/mol. The molecule has 0 atom stereocenters. The number of nitrogens with zero attached hydrogens (tertiary/aromatic N) is 4. The Morgan fingerprint density at radius 1 is 1.36 bits per heavy atom. The molecular weight excluding hydrogens is 317 g/mol. The van der Waals surface area contributed by atoms with Crippen molar-refractivity contribution in [1.29, 1.82) is 0 Å². The highest BCUT2D eigenvalue weighted by molar-refractivity contribution is 7.98. The van der Waals surface area contributed by atoms with Crippen LogP contribution in [0.4, 0.5) is 13.2 Å². The zero-order valence-electron chi connectivity index (χ0n) is 12.1. The molecule has 0 amide bonds. The fourth-order valence-electron chi connectivity index (χ4n) is 1.89. The van der Waals surface area contributed by atoms with Crippen LogP contribution < -0.4 is 0 Å². The lowest BCUT2D eigenvalue weighted by Crippen LogP contribution is -2.19. The van der Waals surface area contributed by atoms with Crippen molar-refractivity contribution < 1.29 is 17.9 Å². The maximum absolute atomic E-state index is 12.7. The smallest absolute Gasteiger partial charge is 0.384 e. The maximum atomic E-state index is 12.7. The van der Waals surface area contributed by atoms with Gasteiger partial charge in [0, 0.05) is 19.7 Å². The summed E-state index contributed by atoms with van der Waals surface area (Å²) in [6.45, 7) is -0.844. The minimum absolute atomic E-state index is 0.167. The van der Waals surface area contributed by atoms with Crippen LogP contribution in [0.15, 0.2) is 23.4 Å². The summed E-state index contributed by atoms with van der Waals surface area (Å²) in [6.07, 6.45) is -0.625. The molecule has 0 aliphatic heterocycles. The van der Waals surface area contributed by atoms with Crippen LogP contribution in [0.2, 0.25) is 0 Å². The van der Waals surface area contributed by atoms with Gasteiger partial charge in [-0.3, -0.25) is 0 Å². The van der Waals surface area contributed by atoms with E-state index in [2.05, 4.69) is 15.1 Å². The molecule has 0 saturated carbocycles. The van der Waals surface area contributed by atoms with Gasteiger partial charge in [0.05, 0.1) is 12.2 Å². The van der Waals surface area contributed by atoms with Crippen LogP contribution in [-0.4, -0.2) is 45.9 Å². The molecule has 9 heteroatoms. The number of methoxy groups -OCH3 is 1. The van der Waals surface area contributed by atoms with Gasteiger partial charge in [0.1, 0.15) is 11.6 Å². The quantitative estimate of drug-likeness (QED) is 0.762. The number of thioether (sulfide) groups is 1. The van der Waals surface area contributed by atoms with Gasteiger partial charge < -0.3 is 4.74 Å². The maximum Gasteiger partial charge on any atom is 0.408 e. The molecular formula is C13H15F3N4OS. The van der Waals surface area contributed by atoms with E-state index in [1.165, 1.54) is 18.9 Å². The van der Waals surface area contributed by atoms with Crippen molar-refractivity contribution in [1.82, 2.24) is 19.7 Å². The molecule has 0 aromatic carbocycles. The Morgan fingerprint density at radius 2 is 2.14 bits per heavy atom. The molecule has 0 unspecified atom stereocenters. The Hall–Kier alpha value is -1.61. The largest absolute Gasteiger partial charge is 0.408 e. The van der Waals surface area contributed by atoms with Crippen molar-refractivity contribution in [2.24, 2.45) is 0 Å². The van der Waals surface area contributed by atoms with Gasteiger partial charge in [0.15, 0.2) is 11.6 Å². The number of rotatable bonds is 6. The van der Waals surface area contributed by atoms with Gasteiger partial charge in [0.25, 0.3) is 0 Å². The first-order chi connectivity index (χ1) is 10.4. The molecule has 0 fully saturated rings. The van der Waals surface area contributed by atoms with Gasteiger partial charge in [-0.05, 0) is 18.4 Å². The molecule has 22 heavy (non-hydrogen) atoms. The topological polar surface area (TPSA) is 52.8 Å². The third-order valence-electron chi connectivity index (χ3n) is 2.78. The molecule has 0 radical (unpaired) electrons. The standard InChI is InChI=1S/C13H15F3N4OS/c1-21-7-5-10-18-11(20(19-10)8-13(14,15)16)9-4-3-6-17-12(9)22-2/h3-4,6H,5,7-8H2,1-2H3. The van der Waals surface area contributed by atoms with E-state index in [-0.39, 0.29) is 5.82 Å². The molecule has 5 nitrogen and oxygen atoms in total. The minimum atomic E-state index is -4.37. The Bertz CT molecular complexity index is 630. The molecule has 2 rings (SSSR count). The molecule has 2 aromatic heterocycles. The lowest BCUT2D eigenvalue weighted by atomic mass is 10.2. The molecule has 120 valence electrons. The van der Waals surface area contributed by atoms with Crippen molar-refractivity contribution in [2.45, 2.75) is 24.2 Å². The zero-order chi connectivity index (χ0) is 16.2. The number of hydrogen-bond acceptors (Lipinski definition) is 5. The molecule has 0 N–H and O–H groups in total. The lowest BCUT2D eigenvalue weighted by Gasteiger charge is -2.10. The van der Waals surface area contributed by atoms with Crippen molar-refractivity contribution in [2.75, 3.05) is 20.0 Å². The minimum Gasteiger partial charge on any atom is -0.384 e. The Kier molecular flexibility index (Phi) is 5.41. The van der Waals surface area contributed by atoms with Crippen molar-refractivity contribution in [3.05, 3.63) is 24.2 Å². The summed E-state index contributed by atoms with van der Waals surface area (Å²) in [4.78, 5) is 8.39. The normalized spacial score (nSPS) is 11.9. The molecule has 0 spiro atoms. The highest BCUT2D eigenvalue weighted by Gasteiger charge is 2.31. The predicted octanol–water partition coefficient (Wildman–Crippen LogP) is 2.81. The number of ether oxygens (including phenoxy) is 1. The van der Waals surface area contributed by atoms with Crippen molar-refractivity contribution >= 4 is 11.8 Å². The molecule has 0 aliphatic rings. The third kappa shape index (κ3) is 4.20. The average Bonchev–Trinajstić information content (AvgIpc) is 2.85. The zero-order valence-corrected chi connectivity index (χ0v) is 12.9. The van der Waals surface area contributed by atoms with E-state index in [0.29, 0.717) is 29.4 Å². The number of alkyl halides is 3. The first-order valence-electron chi connectivity index (χ1n) is 6.43. The van der Waals surface area contributed by atoms with Gasteiger partial charge in [-0.15, -0.1) is 11.8 Å². The van der Waals surface area contributed by atoms with E-state index < -0.39 is 12.7 Å². The summed E-state index contributed by atoms with van der Waals surface area (Å²) >= 11 is 1.35. The second-order valence-electron chi connectivity index (χ2n) is 4.43. The highest BCUT2D eigenvalue weighted by atomic mass is 32.2. The van der Waals surface area contributed by atoms with E-state index in [4.69, 9.17) is 4.74 Å². The Labute approximate surface area is 129 Å². The van der Waals surface area contributed by atoms with Crippen LogP contribution in [0.5, 0.6) is 0 Å². The van der Waals surface area contributed by atoms with Crippen LogP contribution in [0.3, 0.4) is 0 Å². The van der Waals surface area contributed by atoms with Crippen LogP contribution in [-0.2, 0) is 17.7 Å². The summed E-state index contributed by atoms with van der Waals surface area (Å²) < 4.78 is 44.0. The fraction of sp³-hybridized carbons (Fsp3) is 0.462. The lowest BCUT2D eigenvalue weighted by molar-refractivity contribution is -0.142. The van der Waals surface area contributed by atoms with Gasteiger partial charge in [-0.1, -0.05) is 0 Å². The van der Waals surface area contributed by atoms with Gasteiger partial charge >= 0.3 is 6.18 Å². The van der Waals surface area contributed by atoms with E-state index in [1.54, 1.807) is 18.3 Å². The van der Waals surface area contributed by atoms with Crippen LogP contribution in [0.1, 0.15) is 5.82 Å². The van der Waals surface area contributed by atoms with Crippen LogP contribution in [0.25, 0.3) is 11.4 Å². The highest BCUT2D eigenvalue weighted by Crippen LogP contribution is 2.28. The van der Waals surface area contributed by atoms with E-state index in [0.717, 1.165) is 4.68 Å². The molecule has 2 heterocycles. The van der Waals surface area contributed by atoms with E-state index in [1.807, 2.05) is 6.26 Å². The van der Waals surface area contributed by atoms with Crippen LogP contribution in [0, 0.1) is 0 Å². The first-order valence-corrected chi connectivity index (χ1v) is 7.66. The number of halogens is 3. The first kappa shape index (κ1) is 16.8. The third-order valence-corrected chi connectivity index (χ3v) is 3.49. The summed E-state index contributed by atoms with van der Waals surface area (Å²) in [6, 6.07) is 3.35. The number of pyridine rings is 1. The summed E-state index contributed by atoms with van der Waals surface area (Å²) in [5.74, 6) is 0.484. The van der Waals surface area contributed by atoms with E-state index in [9.17, 15) is 13.2 Å². The molecule has 2 aromatic rings. The van der Waals surface area contributed by atoms with Crippen LogP contribution >= 0.6 is 11.8 Å². The second-order valence-corrected chi connectivity index (χ2v) is 5.22. The van der Waals surface area contributed by atoms with Crippen molar-refractivity contribution in [3.8, 4) is 11.4 Å². The summed E-state index contributed by atoms with van der Waals surface area (Å²) in [5.41, 5.74) is 0.537. The Balaban J connectivity index is 2.45. The van der Waals surface area contributed by atoms with Gasteiger partial charge in [-0.25, -0.2) is 14.6 Å². The Morgan fingerprint density at radius 3 is 2.77 bits per heavy atom.